The number of benzene rings is 1. The summed E-state index contributed by atoms with van der Waals surface area (Å²) in [5, 5.41) is 10.2. The Morgan fingerprint density at radius 2 is 2.07 bits per heavy atom. The maximum absolute atomic E-state index is 5.71. The fraction of sp³-hybridized carbons (Fsp3) is 0.545. The number of hydrogen-bond donors (Lipinski definition) is 2. The minimum Gasteiger partial charge on any atom is -0.496 e. The Morgan fingerprint density at radius 3 is 2.72 bits per heavy atom. The van der Waals surface area contributed by atoms with E-state index in [1.807, 2.05) is 14.0 Å². The highest BCUT2D eigenvalue weighted by Gasteiger charge is 2.37. The molecule has 0 radical (unpaired) electrons. The summed E-state index contributed by atoms with van der Waals surface area (Å²) in [6.07, 6.45) is 2.79. The van der Waals surface area contributed by atoms with Crippen molar-refractivity contribution in [1.29, 1.82) is 0 Å². The number of thiazole rings is 1. The van der Waals surface area contributed by atoms with Crippen LogP contribution in [0.5, 0.6) is 5.75 Å². The largest absolute Gasteiger partial charge is 0.496 e. The molecule has 0 unspecified atom stereocenters. The topological polar surface area (TPSA) is 67.8 Å². The van der Waals surface area contributed by atoms with Gasteiger partial charge in [-0.05, 0) is 32.8 Å². The van der Waals surface area contributed by atoms with E-state index in [4.69, 9.17) is 9.47 Å². The van der Waals surface area contributed by atoms with Crippen LogP contribution in [0.15, 0.2) is 28.6 Å². The number of methoxy groups -OCH3 is 1. The van der Waals surface area contributed by atoms with E-state index in [9.17, 15) is 0 Å². The van der Waals surface area contributed by atoms with E-state index in [0.29, 0.717) is 0 Å². The lowest BCUT2D eigenvalue weighted by atomic mass is 9.73. The average Bonchev–Trinajstić information content (AvgIpc) is 3.16. The van der Waals surface area contributed by atoms with Gasteiger partial charge in [-0.15, -0.1) is 11.3 Å². The lowest BCUT2D eigenvalue weighted by Gasteiger charge is -2.39. The highest BCUT2D eigenvalue weighted by molar-refractivity contribution is 7.09. The van der Waals surface area contributed by atoms with Crippen LogP contribution in [-0.2, 0) is 16.6 Å². The standard InChI is InChI=1S/C22H32N4O2S/c1-16-5-6-20(27-4)19(13-16)22(8-11-28-12-9-22)15-25-21(23-3)24-10-7-18-14-29-17(2)26-18/h5-6,13-14H,7-12,15H2,1-4H3,(H2,23,24,25). The summed E-state index contributed by atoms with van der Waals surface area (Å²) in [7, 11) is 3.56. The molecule has 3 rings (SSSR count). The minimum atomic E-state index is -0.0424. The van der Waals surface area contributed by atoms with Crippen molar-refractivity contribution in [2.24, 2.45) is 4.99 Å². The molecular formula is C22H32N4O2S. The van der Waals surface area contributed by atoms with Crippen LogP contribution >= 0.6 is 11.3 Å². The third-order valence-electron chi connectivity index (χ3n) is 5.53. The van der Waals surface area contributed by atoms with Gasteiger partial charge in [-0.25, -0.2) is 4.98 Å². The lowest BCUT2D eigenvalue weighted by molar-refractivity contribution is 0.0505. The molecule has 1 fully saturated rings. The molecular weight excluding hydrogens is 384 g/mol. The smallest absolute Gasteiger partial charge is 0.191 e. The number of nitrogens with one attached hydrogen (secondary N) is 2. The molecule has 1 saturated heterocycles. The molecule has 158 valence electrons. The zero-order chi connectivity index (χ0) is 20.7. The van der Waals surface area contributed by atoms with Crippen molar-refractivity contribution < 1.29 is 9.47 Å². The van der Waals surface area contributed by atoms with Crippen LogP contribution in [0.25, 0.3) is 0 Å². The van der Waals surface area contributed by atoms with Gasteiger partial charge in [0.25, 0.3) is 0 Å². The van der Waals surface area contributed by atoms with Crippen molar-refractivity contribution in [2.45, 2.75) is 38.5 Å². The molecule has 6 nitrogen and oxygen atoms in total. The Labute approximate surface area is 177 Å². The quantitative estimate of drug-likeness (QED) is 0.536. The second-order valence-corrected chi connectivity index (χ2v) is 8.62. The van der Waals surface area contributed by atoms with Crippen molar-refractivity contribution in [1.82, 2.24) is 15.6 Å². The number of hydrogen-bond acceptors (Lipinski definition) is 5. The first-order chi connectivity index (χ1) is 14.1. The summed E-state index contributed by atoms with van der Waals surface area (Å²) >= 11 is 1.69. The van der Waals surface area contributed by atoms with E-state index in [1.54, 1.807) is 18.4 Å². The van der Waals surface area contributed by atoms with Crippen LogP contribution in [0.1, 0.15) is 34.7 Å². The van der Waals surface area contributed by atoms with Gasteiger partial charge >= 0.3 is 0 Å². The summed E-state index contributed by atoms with van der Waals surface area (Å²) in [6.45, 7) is 7.26. The Balaban J connectivity index is 1.67. The summed E-state index contributed by atoms with van der Waals surface area (Å²) < 4.78 is 11.4. The molecule has 0 saturated carbocycles. The number of ether oxygens (including phenoxy) is 2. The molecule has 1 aromatic heterocycles. The monoisotopic (exact) mass is 416 g/mol. The van der Waals surface area contributed by atoms with Crippen LogP contribution in [0, 0.1) is 13.8 Å². The maximum atomic E-state index is 5.71. The summed E-state index contributed by atoms with van der Waals surface area (Å²) in [5.74, 6) is 1.76. The highest BCUT2D eigenvalue weighted by Crippen LogP contribution is 2.40. The van der Waals surface area contributed by atoms with Crippen LogP contribution in [0.4, 0.5) is 0 Å². The normalized spacial score (nSPS) is 16.5. The molecule has 0 amide bonds. The summed E-state index contributed by atoms with van der Waals surface area (Å²) in [4.78, 5) is 8.93. The first kappa shape index (κ1) is 21.6. The first-order valence-electron chi connectivity index (χ1n) is 10.1. The minimum absolute atomic E-state index is 0.0424. The fourth-order valence-electron chi connectivity index (χ4n) is 3.85. The van der Waals surface area contributed by atoms with Crippen molar-refractivity contribution in [3.8, 4) is 5.75 Å². The predicted octanol–water partition coefficient (Wildman–Crippen LogP) is 3.22. The molecule has 0 spiro atoms. The van der Waals surface area contributed by atoms with Crippen LogP contribution in [0.2, 0.25) is 0 Å². The maximum Gasteiger partial charge on any atom is 0.191 e. The molecule has 7 heteroatoms. The van der Waals surface area contributed by atoms with Gasteiger partial charge in [-0.3, -0.25) is 4.99 Å². The number of rotatable bonds is 7. The van der Waals surface area contributed by atoms with E-state index in [1.165, 1.54) is 11.1 Å². The van der Waals surface area contributed by atoms with Gasteiger partial charge in [-0.2, -0.15) is 0 Å². The molecule has 1 aromatic carbocycles. The van der Waals surface area contributed by atoms with Gasteiger partial charge in [0.15, 0.2) is 5.96 Å². The van der Waals surface area contributed by atoms with Crippen LogP contribution < -0.4 is 15.4 Å². The Morgan fingerprint density at radius 1 is 1.28 bits per heavy atom. The molecule has 1 aliphatic rings. The zero-order valence-electron chi connectivity index (χ0n) is 17.9. The second kappa shape index (κ2) is 10.1. The molecule has 1 aliphatic heterocycles. The molecule has 0 aliphatic carbocycles. The lowest BCUT2D eigenvalue weighted by Crippen LogP contribution is -2.48. The predicted molar refractivity (Wildman–Crippen MR) is 119 cm³/mol. The molecule has 0 atom stereocenters. The number of guanidine groups is 1. The van der Waals surface area contributed by atoms with Crippen LogP contribution in [-0.4, -0.2) is 51.4 Å². The summed E-state index contributed by atoms with van der Waals surface area (Å²) in [6, 6.07) is 6.43. The molecule has 2 heterocycles. The highest BCUT2D eigenvalue weighted by atomic mass is 32.1. The number of aromatic nitrogens is 1. The van der Waals surface area contributed by atoms with Crippen LogP contribution in [0.3, 0.4) is 0 Å². The number of aryl methyl sites for hydroxylation is 2. The number of aliphatic imine (C=N–C) groups is 1. The van der Waals surface area contributed by atoms with Gasteiger partial charge in [0.05, 0.1) is 17.8 Å². The van der Waals surface area contributed by atoms with E-state index in [0.717, 1.165) is 68.0 Å². The van der Waals surface area contributed by atoms with Gasteiger partial charge in [0.2, 0.25) is 0 Å². The van der Waals surface area contributed by atoms with Crippen molar-refractivity contribution in [2.75, 3.05) is 40.5 Å². The van der Waals surface area contributed by atoms with Gasteiger partial charge in [0, 0.05) is 56.1 Å². The molecule has 0 bridgehead atoms. The van der Waals surface area contributed by atoms with E-state index >= 15 is 0 Å². The van der Waals surface area contributed by atoms with Crippen molar-refractivity contribution in [3.63, 3.8) is 0 Å². The first-order valence-corrected chi connectivity index (χ1v) is 11.0. The van der Waals surface area contributed by atoms with E-state index in [-0.39, 0.29) is 5.41 Å². The Bertz CT molecular complexity index is 828. The van der Waals surface area contributed by atoms with E-state index < -0.39 is 0 Å². The zero-order valence-corrected chi connectivity index (χ0v) is 18.7. The van der Waals surface area contributed by atoms with Crippen molar-refractivity contribution >= 4 is 17.3 Å². The van der Waals surface area contributed by atoms with Gasteiger partial charge in [-0.1, -0.05) is 17.7 Å². The fourth-order valence-corrected chi connectivity index (χ4v) is 4.49. The summed E-state index contributed by atoms with van der Waals surface area (Å²) in [5.41, 5.74) is 3.58. The SMILES string of the molecule is CN=C(NCCc1csc(C)n1)NCC1(c2cc(C)ccc2OC)CCOCC1. The molecule has 29 heavy (non-hydrogen) atoms. The average molecular weight is 417 g/mol. The third kappa shape index (κ3) is 5.48. The van der Waals surface area contributed by atoms with Crippen molar-refractivity contribution in [3.05, 3.63) is 45.4 Å². The van der Waals surface area contributed by atoms with E-state index in [2.05, 4.69) is 51.1 Å². The van der Waals surface area contributed by atoms with Gasteiger partial charge < -0.3 is 20.1 Å². The number of nitrogens with zero attached hydrogens (tertiary/aromatic N) is 2. The third-order valence-corrected chi connectivity index (χ3v) is 6.36. The molecule has 2 N–H and O–H groups in total. The Hall–Kier alpha value is -2.12. The molecule has 2 aromatic rings. The van der Waals surface area contributed by atoms with Gasteiger partial charge in [0.1, 0.15) is 5.75 Å². The Kier molecular flexibility index (Phi) is 7.50. The second-order valence-electron chi connectivity index (χ2n) is 7.56.